The SMILES string of the molecule is CCC(C)Sc1nc2c(c(=O)n1-c1ccccc1OC)SCC2. The molecule has 122 valence electrons. The molecule has 6 heteroatoms. The van der Waals surface area contributed by atoms with Crippen molar-refractivity contribution in [2.75, 3.05) is 12.9 Å². The predicted molar refractivity (Wildman–Crippen MR) is 96.4 cm³/mol. The molecule has 0 radical (unpaired) electrons. The first-order chi connectivity index (χ1) is 11.2. The molecular weight excluding hydrogens is 328 g/mol. The standard InChI is InChI=1S/C17H20N2O2S2/c1-4-11(2)23-17-18-12-9-10-22-15(12)16(20)19(17)13-7-5-6-8-14(13)21-3/h5-8,11H,4,9-10H2,1-3H3. The first-order valence-electron chi connectivity index (χ1n) is 7.74. The topological polar surface area (TPSA) is 44.1 Å². The van der Waals surface area contributed by atoms with Gasteiger partial charge in [-0.2, -0.15) is 0 Å². The molecule has 0 fully saturated rings. The number of fused-ring (bicyclic) bond motifs is 1. The van der Waals surface area contributed by atoms with Crippen molar-refractivity contribution in [2.24, 2.45) is 0 Å². The number of para-hydroxylation sites is 2. The van der Waals surface area contributed by atoms with Crippen LogP contribution in [0.15, 0.2) is 39.1 Å². The van der Waals surface area contributed by atoms with Gasteiger partial charge in [-0.05, 0) is 18.6 Å². The van der Waals surface area contributed by atoms with Crippen LogP contribution in [0.4, 0.5) is 0 Å². The molecule has 0 saturated heterocycles. The average molecular weight is 348 g/mol. The molecule has 2 heterocycles. The molecule has 0 saturated carbocycles. The molecule has 1 aromatic carbocycles. The Morgan fingerprint density at radius 3 is 2.96 bits per heavy atom. The summed E-state index contributed by atoms with van der Waals surface area (Å²) in [6.07, 6.45) is 1.90. The van der Waals surface area contributed by atoms with Gasteiger partial charge in [0.1, 0.15) is 5.75 Å². The maximum atomic E-state index is 13.1. The van der Waals surface area contributed by atoms with Gasteiger partial charge in [-0.3, -0.25) is 9.36 Å². The van der Waals surface area contributed by atoms with Crippen LogP contribution in [-0.2, 0) is 6.42 Å². The van der Waals surface area contributed by atoms with E-state index in [1.54, 1.807) is 35.2 Å². The number of aromatic nitrogens is 2. The quantitative estimate of drug-likeness (QED) is 0.608. The second-order valence-electron chi connectivity index (χ2n) is 5.42. The Morgan fingerprint density at radius 2 is 2.22 bits per heavy atom. The van der Waals surface area contributed by atoms with Crippen LogP contribution in [0.2, 0.25) is 0 Å². The van der Waals surface area contributed by atoms with Crippen molar-refractivity contribution >= 4 is 23.5 Å². The summed E-state index contributed by atoms with van der Waals surface area (Å²) in [4.78, 5) is 18.6. The first-order valence-corrected chi connectivity index (χ1v) is 9.61. The number of ether oxygens (including phenoxy) is 1. The Bertz CT molecular complexity index is 774. The first kappa shape index (κ1) is 16.5. The van der Waals surface area contributed by atoms with E-state index in [1.165, 1.54) is 0 Å². The van der Waals surface area contributed by atoms with Crippen LogP contribution in [-0.4, -0.2) is 27.7 Å². The molecule has 0 aliphatic carbocycles. The Balaban J connectivity index is 2.23. The average Bonchev–Trinajstić information content (AvgIpc) is 3.04. The smallest absolute Gasteiger partial charge is 0.272 e. The summed E-state index contributed by atoms with van der Waals surface area (Å²) in [5.41, 5.74) is 1.72. The molecule has 0 bridgehead atoms. The highest BCUT2D eigenvalue weighted by atomic mass is 32.2. The van der Waals surface area contributed by atoms with E-state index in [0.717, 1.165) is 40.0 Å². The lowest BCUT2D eigenvalue weighted by Gasteiger charge is -2.17. The molecule has 4 nitrogen and oxygen atoms in total. The van der Waals surface area contributed by atoms with Crippen LogP contribution in [0.5, 0.6) is 5.75 Å². The lowest BCUT2D eigenvalue weighted by molar-refractivity contribution is 0.411. The maximum absolute atomic E-state index is 13.1. The zero-order chi connectivity index (χ0) is 16.4. The Labute approximate surface area is 144 Å². The molecule has 1 aliphatic rings. The lowest BCUT2D eigenvalue weighted by atomic mass is 10.2. The fraction of sp³-hybridized carbons (Fsp3) is 0.412. The summed E-state index contributed by atoms with van der Waals surface area (Å²) in [6, 6.07) is 7.61. The zero-order valence-electron chi connectivity index (χ0n) is 13.5. The number of nitrogens with zero attached hydrogens (tertiary/aromatic N) is 2. The minimum absolute atomic E-state index is 0.0211. The number of hydrogen-bond acceptors (Lipinski definition) is 5. The number of benzene rings is 1. The lowest BCUT2D eigenvalue weighted by Crippen LogP contribution is -2.24. The summed E-state index contributed by atoms with van der Waals surface area (Å²) in [5, 5.41) is 1.16. The van der Waals surface area contributed by atoms with Gasteiger partial charge >= 0.3 is 0 Å². The second kappa shape index (κ2) is 7.01. The summed E-state index contributed by atoms with van der Waals surface area (Å²) >= 11 is 3.26. The monoisotopic (exact) mass is 348 g/mol. The number of aryl methyl sites for hydroxylation is 1. The molecular formula is C17H20N2O2S2. The van der Waals surface area contributed by atoms with Gasteiger partial charge in [0.25, 0.3) is 5.56 Å². The third kappa shape index (κ3) is 3.15. The van der Waals surface area contributed by atoms with Crippen molar-refractivity contribution < 1.29 is 4.74 Å². The van der Waals surface area contributed by atoms with Crippen LogP contribution in [0.1, 0.15) is 26.0 Å². The highest BCUT2D eigenvalue weighted by molar-refractivity contribution is 8.00. The molecule has 3 rings (SSSR count). The van der Waals surface area contributed by atoms with Crippen molar-refractivity contribution in [3.05, 3.63) is 40.3 Å². The maximum Gasteiger partial charge on any atom is 0.272 e. The number of rotatable bonds is 5. The molecule has 2 aromatic rings. The van der Waals surface area contributed by atoms with Crippen LogP contribution in [0, 0.1) is 0 Å². The van der Waals surface area contributed by atoms with Gasteiger partial charge in [-0.1, -0.05) is 37.7 Å². The van der Waals surface area contributed by atoms with Gasteiger partial charge in [0.05, 0.1) is 23.4 Å². The fourth-order valence-electron chi connectivity index (χ4n) is 2.46. The fourth-order valence-corrected chi connectivity index (χ4v) is 4.47. The van der Waals surface area contributed by atoms with Gasteiger partial charge in [0, 0.05) is 17.4 Å². The van der Waals surface area contributed by atoms with E-state index in [1.807, 2.05) is 24.3 Å². The summed E-state index contributed by atoms with van der Waals surface area (Å²) in [7, 11) is 1.63. The minimum atomic E-state index is 0.0211. The van der Waals surface area contributed by atoms with Gasteiger partial charge in [-0.15, -0.1) is 11.8 Å². The molecule has 0 amide bonds. The van der Waals surface area contributed by atoms with Crippen LogP contribution in [0.25, 0.3) is 5.69 Å². The summed E-state index contributed by atoms with van der Waals surface area (Å²) in [6.45, 7) is 4.30. The van der Waals surface area contributed by atoms with Gasteiger partial charge in [-0.25, -0.2) is 4.98 Å². The van der Waals surface area contributed by atoms with E-state index in [9.17, 15) is 4.79 Å². The molecule has 0 spiro atoms. The van der Waals surface area contributed by atoms with Crippen molar-refractivity contribution in [1.82, 2.24) is 9.55 Å². The molecule has 1 aromatic heterocycles. The van der Waals surface area contributed by atoms with Gasteiger partial charge < -0.3 is 4.74 Å². The Hall–Kier alpha value is -1.40. The van der Waals surface area contributed by atoms with Crippen molar-refractivity contribution in [1.29, 1.82) is 0 Å². The Kier molecular flexibility index (Phi) is 5.02. The van der Waals surface area contributed by atoms with Crippen molar-refractivity contribution in [3.63, 3.8) is 0 Å². The van der Waals surface area contributed by atoms with Crippen LogP contribution in [0.3, 0.4) is 0 Å². The zero-order valence-corrected chi connectivity index (χ0v) is 15.2. The number of methoxy groups -OCH3 is 1. The normalized spacial score (nSPS) is 14.6. The van der Waals surface area contributed by atoms with Crippen molar-refractivity contribution in [2.45, 2.75) is 42.0 Å². The third-order valence-corrected chi connectivity index (χ3v) is 6.20. The van der Waals surface area contributed by atoms with E-state index in [0.29, 0.717) is 11.0 Å². The van der Waals surface area contributed by atoms with E-state index >= 15 is 0 Å². The van der Waals surface area contributed by atoms with E-state index < -0.39 is 0 Å². The third-order valence-electron chi connectivity index (χ3n) is 3.87. The largest absolute Gasteiger partial charge is 0.495 e. The number of hydrogen-bond donors (Lipinski definition) is 0. The predicted octanol–water partition coefficient (Wildman–Crippen LogP) is 3.78. The molecule has 1 aliphatic heterocycles. The highest BCUT2D eigenvalue weighted by Gasteiger charge is 2.24. The van der Waals surface area contributed by atoms with Crippen molar-refractivity contribution in [3.8, 4) is 11.4 Å². The van der Waals surface area contributed by atoms with E-state index in [-0.39, 0.29) is 5.56 Å². The van der Waals surface area contributed by atoms with Crippen LogP contribution >= 0.6 is 23.5 Å². The minimum Gasteiger partial charge on any atom is -0.495 e. The van der Waals surface area contributed by atoms with E-state index in [2.05, 4.69) is 13.8 Å². The molecule has 1 unspecified atom stereocenters. The summed E-state index contributed by atoms with van der Waals surface area (Å²) in [5.74, 6) is 1.62. The summed E-state index contributed by atoms with van der Waals surface area (Å²) < 4.78 is 7.17. The Morgan fingerprint density at radius 1 is 1.43 bits per heavy atom. The van der Waals surface area contributed by atoms with E-state index in [4.69, 9.17) is 9.72 Å². The highest BCUT2D eigenvalue weighted by Crippen LogP contribution is 2.33. The van der Waals surface area contributed by atoms with Gasteiger partial charge in [0.15, 0.2) is 5.16 Å². The van der Waals surface area contributed by atoms with Gasteiger partial charge in [0.2, 0.25) is 0 Å². The molecule has 1 atom stereocenters. The second-order valence-corrected chi connectivity index (χ2v) is 7.93. The number of thioether (sulfide) groups is 2. The van der Waals surface area contributed by atoms with Crippen LogP contribution < -0.4 is 10.3 Å². The molecule has 0 N–H and O–H groups in total. The molecule has 23 heavy (non-hydrogen) atoms.